The minimum absolute atomic E-state index is 0.879. The molecule has 0 saturated heterocycles. The molecular weight excluding hydrogens is 621 g/mol. The number of rotatable bonds is 9. The SMILES string of the molecule is Cc1ccc(Cc2cc(-c3cc(Cc4ccc(C)c(C)c4)c(C)c(Cc4ccc(C)c(S)c4)c3)cc(Cc3ccc(C)c(C)c3)c2C)cc1C. The number of benzene rings is 6. The molecule has 0 nitrogen and oxygen atoms in total. The molecule has 0 fully saturated rings. The maximum absolute atomic E-state index is 4.78. The lowest BCUT2D eigenvalue weighted by molar-refractivity contribution is 1.07. The second-order valence-electron chi connectivity index (χ2n) is 14.9. The van der Waals surface area contributed by atoms with Gasteiger partial charge in [0, 0.05) is 4.90 Å². The van der Waals surface area contributed by atoms with Gasteiger partial charge < -0.3 is 0 Å². The first-order chi connectivity index (χ1) is 23.8. The average Bonchev–Trinajstić information content (AvgIpc) is 3.07. The smallest absolute Gasteiger partial charge is 0.00720 e. The van der Waals surface area contributed by atoms with Gasteiger partial charge in [-0.05, 0) is 200 Å². The summed E-state index contributed by atoms with van der Waals surface area (Å²) < 4.78 is 0. The third-order valence-electron chi connectivity index (χ3n) is 11.1. The molecule has 0 heterocycles. The van der Waals surface area contributed by atoms with Crippen LogP contribution in [-0.2, 0) is 25.7 Å². The van der Waals surface area contributed by atoms with E-state index in [0.29, 0.717) is 0 Å². The van der Waals surface area contributed by atoms with Crippen molar-refractivity contribution in [1.82, 2.24) is 0 Å². The van der Waals surface area contributed by atoms with Gasteiger partial charge in [0.05, 0.1) is 0 Å². The molecule has 50 heavy (non-hydrogen) atoms. The van der Waals surface area contributed by atoms with E-state index in [2.05, 4.69) is 159 Å². The summed E-state index contributed by atoms with van der Waals surface area (Å²) in [7, 11) is 0. The highest BCUT2D eigenvalue weighted by atomic mass is 32.1. The summed E-state index contributed by atoms with van der Waals surface area (Å²) in [5.41, 5.74) is 25.7. The van der Waals surface area contributed by atoms with Crippen molar-refractivity contribution in [3.8, 4) is 11.1 Å². The zero-order valence-corrected chi connectivity index (χ0v) is 32.4. The Labute approximate surface area is 307 Å². The molecule has 0 aliphatic carbocycles. The number of hydrogen-bond acceptors (Lipinski definition) is 1. The van der Waals surface area contributed by atoms with Crippen LogP contribution in [0.2, 0.25) is 0 Å². The van der Waals surface area contributed by atoms with Gasteiger partial charge in [0.25, 0.3) is 0 Å². The summed E-state index contributed by atoms with van der Waals surface area (Å²) in [5.74, 6) is 0. The lowest BCUT2D eigenvalue weighted by atomic mass is 9.85. The van der Waals surface area contributed by atoms with Gasteiger partial charge in [0.1, 0.15) is 0 Å². The minimum Gasteiger partial charge on any atom is -0.143 e. The highest BCUT2D eigenvalue weighted by Gasteiger charge is 2.16. The Morgan fingerprint density at radius 2 is 0.600 bits per heavy atom. The second-order valence-corrected chi connectivity index (χ2v) is 15.4. The predicted molar refractivity (Wildman–Crippen MR) is 219 cm³/mol. The maximum atomic E-state index is 4.78. The molecule has 0 aliphatic heterocycles. The third-order valence-corrected chi connectivity index (χ3v) is 11.6. The summed E-state index contributed by atoms with van der Waals surface area (Å²) in [6.45, 7) is 20.0. The molecule has 1 heteroatoms. The van der Waals surface area contributed by atoms with E-state index in [0.717, 1.165) is 30.6 Å². The Bertz CT molecular complexity index is 1910. The maximum Gasteiger partial charge on any atom is 0.00720 e. The lowest BCUT2D eigenvalue weighted by Gasteiger charge is -2.19. The molecule has 0 radical (unpaired) electrons. The summed E-state index contributed by atoms with van der Waals surface area (Å²) >= 11 is 4.78. The minimum atomic E-state index is 0.879. The van der Waals surface area contributed by atoms with Crippen molar-refractivity contribution in [3.63, 3.8) is 0 Å². The van der Waals surface area contributed by atoms with Crippen molar-refractivity contribution in [1.29, 1.82) is 0 Å². The molecular formula is C49H52S. The van der Waals surface area contributed by atoms with Gasteiger partial charge in [0.2, 0.25) is 0 Å². The quantitative estimate of drug-likeness (QED) is 0.145. The van der Waals surface area contributed by atoms with Crippen molar-refractivity contribution in [3.05, 3.63) is 192 Å². The topological polar surface area (TPSA) is 0 Å². The summed E-state index contributed by atoms with van der Waals surface area (Å²) in [6, 6.07) is 37.4. The molecule has 0 N–H and O–H groups in total. The fourth-order valence-corrected chi connectivity index (χ4v) is 7.37. The molecule has 6 rings (SSSR count). The van der Waals surface area contributed by atoms with Gasteiger partial charge in [-0.25, -0.2) is 0 Å². The van der Waals surface area contributed by atoms with Gasteiger partial charge in [-0.2, -0.15) is 0 Å². The molecule has 0 saturated carbocycles. The first kappa shape index (κ1) is 35.5. The van der Waals surface area contributed by atoms with Crippen LogP contribution < -0.4 is 0 Å². The van der Waals surface area contributed by atoms with Crippen LogP contribution in [0.5, 0.6) is 0 Å². The molecule has 6 aromatic rings. The van der Waals surface area contributed by atoms with E-state index in [1.54, 1.807) is 0 Å². The van der Waals surface area contributed by atoms with Crippen LogP contribution in [0.4, 0.5) is 0 Å². The molecule has 0 aliphatic rings. The molecule has 0 unspecified atom stereocenters. The molecule has 254 valence electrons. The van der Waals surface area contributed by atoms with Gasteiger partial charge >= 0.3 is 0 Å². The van der Waals surface area contributed by atoms with Gasteiger partial charge in [-0.1, -0.05) is 91.0 Å². The number of aryl methyl sites for hydroxylation is 7. The van der Waals surface area contributed by atoms with Crippen LogP contribution in [0, 0.1) is 62.3 Å². The average molecular weight is 673 g/mol. The highest BCUT2D eigenvalue weighted by molar-refractivity contribution is 7.80. The summed E-state index contributed by atoms with van der Waals surface area (Å²) in [4.78, 5) is 1.05. The number of thiol groups is 1. The largest absolute Gasteiger partial charge is 0.143 e. The van der Waals surface area contributed by atoms with Crippen LogP contribution in [0.3, 0.4) is 0 Å². The molecule has 0 aromatic heterocycles. The van der Waals surface area contributed by atoms with Crippen molar-refractivity contribution in [2.45, 2.75) is 92.9 Å². The zero-order valence-electron chi connectivity index (χ0n) is 31.5. The summed E-state index contributed by atoms with van der Waals surface area (Å²) in [6.07, 6.45) is 3.63. The molecule has 0 spiro atoms. The molecule has 0 bridgehead atoms. The van der Waals surface area contributed by atoms with E-state index in [1.165, 1.54) is 106 Å². The molecule has 0 amide bonds. The van der Waals surface area contributed by atoms with Gasteiger partial charge in [-0.15, -0.1) is 12.6 Å². The number of hydrogen-bond donors (Lipinski definition) is 1. The first-order valence-electron chi connectivity index (χ1n) is 18.1. The van der Waals surface area contributed by atoms with Crippen molar-refractivity contribution >= 4 is 12.6 Å². The van der Waals surface area contributed by atoms with Crippen molar-refractivity contribution in [2.75, 3.05) is 0 Å². The second kappa shape index (κ2) is 14.9. The van der Waals surface area contributed by atoms with Gasteiger partial charge in [-0.3, -0.25) is 0 Å². The van der Waals surface area contributed by atoms with Crippen LogP contribution in [0.15, 0.2) is 102 Å². The Hall–Kier alpha value is -4.33. The fourth-order valence-electron chi connectivity index (χ4n) is 7.13. The Morgan fingerprint density at radius 1 is 0.320 bits per heavy atom. The first-order valence-corrected chi connectivity index (χ1v) is 18.5. The third kappa shape index (κ3) is 8.00. The zero-order chi connectivity index (χ0) is 35.7. The highest BCUT2D eigenvalue weighted by Crippen LogP contribution is 2.34. The van der Waals surface area contributed by atoms with E-state index >= 15 is 0 Å². The summed E-state index contributed by atoms with van der Waals surface area (Å²) in [5, 5.41) is 0. The Balaban J connectivity index is 1.51. The van der Waals surface area contributed by atoms with E-state index < -0.39 is 0 Å². The van der Waals surface area contributed by atoms with E-state index in [4.69, 9.17) is 12.6 Å². The van der Waals surface area contributed by atoms with E-state index in [-0.39, 0.29) is 0 Å². The molecule has 6 aromatic carbocycles. The van der Waals surface area contributed by atoms with Crippen LogP contribution in [-0.4, -0.2) is 0 Å². The molecule has 0 atom stereocenters. The van der Waals surface area contributed by atoms with E-state index in [9.17, 15) is 0 Å². The van der Waals surface area contributed by atoms with Crippen LogP contribution in [0.1, 0.15) is 94.6 Å². The van der Waals surface area contributed by atoms with E-state index in [1.807, 2.05) is 0 Å². The lowest BCUT2D eigenvalue weighted by Crippen LogP contribution is -2.03. The monoisotopic (exact) mass is 672 g/mol. The van der Waals surface area contributed by atoms with Gasteiger partial charge in [0.15, 0.2) is 0 Å². The standard InChI is InChI=1S/C49H52S/c1-30-10-14-39(18-34(30)5)21-43-26-47(27-44(37(43)8)22-40-15-11-31(2)35(6)19-40)48-28-45(23-41-16-12-32(3)36(7)20-41)38(9)46(29-48)24-42-17-13-33(4)49(50)25-42/h10-20,25-29,50H,21-24H2,1-9H3. The fraction of sp³-hybridized carbons (Fsp3) is 0.265. The van der Waals surface area contributed by atoms with Crippen molar-refractivity contribution in [2.24, 2.45) is 0 Å². The van der Waals surface area contributed by atoms with Crippen LogP contribution >= 0.6 is 12.6 Å². The normalized spacial score (nSPS) is 11.3. The Kier molecular flexibility index (Phi) is 10.6. The van der Waals surface area contributed by atoms with Crippen molar-refractivity contribution < 1.29 is 0 Å². The van der Waals surface area contributed by atoms with Crippen LogP contribution in [0.25, 0.3) is 11.1 Å². The predicted octanol–water partition coefficient (Wildman–Crippen LogP) is 12.8. The Morgan fingerprint density at radius 3 is 0.880 bits per heavy atom.